The van der Waals surface area contributed by atoms with Crippen LogP contribution < -0.4 is 15.4 Å². The number of carbonyl (C=O) groups excluding carboxylic acids is 3. The normalized spacial score (nSPS) is 9.92. The summed E-state index contributed by atoms with van der Waals surface area (Å²) in [5.41, 5.74) is 0.970. The van der Waals surface area contributed by atoms with Gasteiger partial charge in [0.15, 0.2) is 6.61 Å². The zero-order chi connectivity index (χ0) is 18.9. The second-order valence-corrected chi connectivity index (χ2v) is 6.38. The Kier molecular flexibility index (Phi) is 7.39. The predicted octanol–water partition coefficient (Wildman–Crippen LogP) is 2.21. The van der Waals surface area contributed by atoms with Gasteiger partial charge in [0.2, 0.25) is 0 Å². The number of rotatable bonds is 7. The molecule has 8 heteroatoms. The van der Waals surface area contributed by atoms with Crippen molar-refractivity contribution in [3.63, 3.8) is 0 Å². The molecule has 7 nitrogen and oxygen atoms in total. The number of esters is 1. The third kappa shape index (κ3) is 6.36. The minimum absolute atomic E-state index is 0.341. The lowest BCUT2D eigenvalue weighted by molar-refractivity contribution is -0.146. The van der Waals surface area contributed by atoms with Gasteiger partial charge in [0.25, 0.3) is 11.8 Å². The van der Waals surface area contributed by atoms with E-state index in [4.69, 9.17) is 9.47 Å². The van der Waals surface area contributed by atoms with Crippen molar-refractivity contribution in [3.8, 4) is 5.75 Å². The van der Waals surface area contributed by atoms with Crippen molar-refractivity contribution >= 4 is 46.1 Å². The Bertz CT molecular complexity index is 810. The third-order valence-corrected chi connectivity index (χ3v) is 3.87. The molecule has 0 radical (unpaired) electrons. The van der Waals surface area contributed by atoms with E-state index in [1.165, 1.54) is 7.11 Å². The molecule has 2 amide bonds. The fourth-order valence-corrected chi connectivity index (χ4v) is 2.52. The summed E-state index contributed by atoms with van der Waals surface area (Å²) in [5, 5.41) is 5.05. The Hall–Kier alpha value is -2.62. The van der Waals surface area contributed by atoms with Crippen LogP contribution in [0.1, 0.15) is 10.4 Å². The van der Waals surface area contributed by atoms with Gasteiger partial charge in [-0.2, -0.15) is 0 Å². The van der Waals surface area contributed by atoms with E-state index >= 15 is 0 Å². The van der Waals surface area contributed by atoms with Gasteiger partial charge in [-0.05, 0) is 59.0 Å². The molecule has 26 heavy (non-hydrogen) atoms. The van der Waals surface area contributed by atoms with Gasteiger partial charge in [-0.1, -0.05) is 12.1 Å². The maximum Gasteiger partial charge on any atom is 0.325 e. The van der Waals surface area contributed by atoms with Crippen LogP contribution in [0.3, 0.4) is 0 Å². The molecule has 0 aliphatic heterocycles. The zero-order valence-electron chi connectivity index (χ0n) is 14.0. The molecule has 0 fully saturated rings. The van der Waals surface area contributed by atoms with Crippen LogP contribution in [0.25, 0.3) is 0 Å². The van der Waals surface area contributed by atoms with Gasteiger partial charge < -0.3 is 20.1 Å². The van der Waals surface area contributed by atoms with E-state index in [0.29, 0.717) is 17.0 Å². The van der Waals surface area contributed by atoms with E-state index in [0.717, 1.165) is 3.57 Å². The molecule has 2 N–H and O–H groups in total. The molecule has 0 saturated heterocycles. The maximum atomic E-state index is 12.0. The van der Waals surface area contributed by atoms with Crippen LogP contribution in [-0.2, 0) is 14.3 Å². The summed E-state index contributed by atoms with van der Waals surface area (Å²) in [4.78, 5) is 35.4. The predicted molar refractivity (Wildman–Crippen MR) is 104 cm³/mol. The Morgan fingerprint density at radius 2 is 1.85 bits per heavy atom. The molecule has 0 bridgehead atoms. The lowest BCUT2D eigenvalue weighted by atomic mass is 10.2. The number of amides is 2. The minimum atomic E-state index is -0.709. The summed E-state index contributed by atoms with van der Waals surface area (Å²) in [6.45, 7) is -0.772. The Balaban J connectivity index is 1.74. The second kappa shape index (κ2) is 9.76. The molecule has 0 spiro atoms. The van der Waals surface area contributed by atoms with Gasteiger partial charge in [0.05, 0.1) is 7.11 Å². The van der Waals surface area contributed by atoms with Crippen LogP contribution in [-0.4, -0.2) is 38.0 Å². The molecular weight excluding hydrogens is 451 g/mol. The average molecular weight is 468 g/mol. The molecule has 0 aromatic heterocycles. The molecule has 0 saturated carbocycles. The van der Waals surface area contributed by atoms with Gasteiger partial charge >= 0.3 is 5.97 Å². The van der Waals surface area contributed by atoms with E-state index in [1.807, 2.05) is 6.07 Å². The molecule has 0 aliphatic carbocycles. The highest BCUT2D eigenvalue weighted by molar-refractivity contribution is 14.1. The molecule has 0 atom stereocenters. The number of nitrogens with one attached hydrogen (secondary N) is 2. The van der Waals surface area contributed by atoms with Gasteiger partial charge in [-0.3, -0.25) is 14.4 Å². The average Bonchev–Trinajstić information content (AvgIpc) is 2.64. The van der Waals surface area contributed by atoms with E-state index in [9.17, 15) is 14.4 Å². The summed E-state index contributed by atoms with van der Waals surface area (Å²) >= 11 is 2.13. The number of halogens is 1. The van der Waals surface area contributed by atoms with Crippen LogP contribution >= 0.6 is 22.6 Å². The number of hydrogen-bond donors (Lipinski definition) is 2. The van der Waals surface area contributed by atoms with Gasteiger partial charge in [-0.25, -0.2) is 0 Å². The standard InChI is InChI=1S/C18H17IN2O5/c1-25-15-7-2-4-12(8-15)18(24)20-10-17(23)26-11-16(22)21-14-6-3-5-13(19)9-14/h2-9H,10-11H2,1H3,(H,20,24)(H,21,22). The van der Waals surface area contributed by atoms with Crippen LogP contribution in [0.5, 0.6) is 5.75 Å². The molecule has 2 aromatic rings. The largest absolute Gasteiger partial charge is 0.497 e. The molecule has 2 rings (SSSR count). The highest BCUT2D eigenvalue weighted by Gasteiger charge is 2.11. The van der Waals surface area contributed by atoms with Crippen LogP contribution in [0.2, 0.25) is 0 Å². The van der Waals surface area contributed by atoms with E-state index in [1.54, 1.807) is 42.5 Å². The quantitative estimate of drug-likeness (QED) is 0.480. The molecule has 2 aromatic carbocycles. The highest BCUT2D eigenvalue weighted by Crippen LogP contribution is 2.13. The summed E-state index contributed by atoms with van der Waals surface area (Å²) in [7, 11) is 1.50. The van der Waals surface area contributed by atoms with Crippen LogP contribution in [0, 0.1) is 3.57 Å². The summed E-state index contributed by atoms with van der Waals surface area (Å²) < 4.78 is 10.9. The number of benzene rings is 2. The van der Waals surface area contributed by atoms with Crippen molar-refractivity contribution in [3.05, 3.63) is 57.7 Å². The highest BCUT2D eigenvalue weighted by atomic mass is 127. The second-order valence-electron chi connectivity index (χ2n) is 5.13. The topological polar surface area (TPSA) is 93.7 Å². The van der Waals surface area contributed by atoms with E-state index < -0.39 is 24.4 Å². The SMILES string of the molecule is COc1cccc(C(=O)NCC(=O)OCC(=O)Nc2cccc(I)c2)c1. The van der Waals surface area contributed by atoms with Crippen molar-refractivity contribution in [1.29, 1.82) is 0 Å². The van der Waals surface area contributed by atoms with Crippen molar-refractivity contribution in [2.24, 2.45) is 0 Å². The monoisotopic (exact) mass is 468 g/mol. The molecule has 136 valence electrons. The summed E-state index contributed by atoms with van der Waals surface area (Å²) in [6, 6.07) is 13.7. The van der Waals surface area contributed by atoms with Gasteiger partial charge in [-0.15, -0.1) is 0 Å². The Morgan fingerprint density at radius 3 is 2.58 bits per heavy atom. The first-order valence-corrected chi connectivity index (χ1v) is 8.69. The first-order valence-electron chi connectivity index (χ1n) is 7.61. The number of carbonyl (C=O) groups is 3. The van der Waals surface area contributed by atoms with E-state index in [2.05, 4.69) is 33.2 Å². The lowest BCUT2D eigenvalue weighted by Gasteiger charge is -2.08. The molecule has 0 heterocycles. The summed E-state index contributed by atoms with van der Waals surface area (Å²) in [6.07, 6.45) is 0. The molecular formula is C18H17IN2O5. The molecule has 0 unspecified atom stereocenters. The Morgan fingerprint density at radius 1 is 1.08 bits per heavy atom. The first kappa shape index (κ1) is 19.7. The smallest absolute Gasteiger partial charge is 0.325 e. The Labute approximate surface area is 164 Å². The van der Waals surface area contributed by atoms with Crippen molar-refractivity contribution in [1.82, 2.24) is 5.32 Å². The number of hydrogen-bond acceptors (Lipinski definition) is 5. The lowest BCUT2D eigenvalue weighted by Crippen LogP contribution is -2.32. The van der Waals surface area contributed by atoms with Crippen LogP contribution in [0.15, 0.2) is 48.5 Å². The zero-order valence-corrected chi connectivity index (χ0v) is 16.1. The fourth-order valence-electron chi connectivity index (χ4n) is 1.98. The summed E-state index contributed by atoms with van der Waals surface area (Å²) in [5.74, 6) is -1.07. The van der Waals surface area contributed by atoms with E-state index in [-0.39, 0.29) is 6.54 Å². The molecule has 0 aliphatic rings. The van der Waals surface area contributed by atoms with Gasteiger partial charge in [0, 0.05) is 14.8 Å². The third-order valence-electron chi connectivity index (χ3n) is 3.20. The van der Waals surface area contributed by atoms with Crippen molar-refractivity contribution in [2.45, 2.75) is 0 Å². The maximum absolute atomic E-state index is 12.0. The van der Waals surface area contributed by atoms with Crippen LogP contribution in [0.4, 0.5) is 5.69 Å². The first-order chi connectivity index (χ1) is 12.5. The number of methoxy groups -OCH3 is 1. The number of ether oxygens (including phenoxy) is 2. The van der Waals surface area contributed by atoms with Crippen molar-refractivity contribution < 1.29 is 23.9 Å². The fraction of sp³-hybridized carbons (Fsp3) is 0.167. The number of anilines is 1. The van der Waals surface area contributed by atoms with Crippen molar-refractivity contribution in [2.75, 3.05) is 25.6 Å². The van der Waals surface area contributed by atoms with Gasteiger partial charge in [0.1, 0.15) is 12.3 Å². The minimum Gasteiger partial charge on any atom is -0.497 e.